The summed E-state index contributed by atoms with van der Waals surface area (Å²) in [7, 11) is 1.66. The molecule has 4 rings (SSSR count). The molecule has 0 spiro atoms. The van der Waals surface area contributed by atoms with E-state index >= 15 is 0 Å². The highest BCUT2D eigenvalue weighted by molar-refractivity contribution is 5.99. The minimum Gasteiger partial charge on any atom is -0.479 e. The second kappa shape index (κ2) is 12.7. The molecule has 0 saturated carbocycles. The van der Waals surface area contributed by atoms with Crippen LogP contribution in [-0.2, 0) is 22.1 Å². The lowest BCUT2D eigenvalue weighted by Crippen LogP contribution is -2.49. The lowest BCUT2D eigenvalue weighted by atomic mass is 9.91. The third-order valence-electron chi connectivity index (χ3n) is 7.07. The molecule has 3 N–H and O–H groups in total. The van der Waals surface area contributed by atoms with Crippen LogP contribution in [0.25, 0.3) is 11.3 Å². The van der Waals surface area contributed by atoms with Crippen molar-refractivity contribution in [1.29, 1.82) is 0 Å². The molecule has 0 saturated heterocycles. The summed E-state index contributed by atoms with van der Waals surface area (Å²) in [6.45, 7) is 4.44. The number of carbonyl (C=O) groups is 3. The van der Waals surface area contributed by atoms with E-state index in [-0.39, 0.29) is 16.7 Å². The van der Waals surface area contributed by atoms with E-state index in [0.29, 0.717) is 22.6 Å². The maximum atomic E-state index is 14.1. The molecule has 0 aliphatic rings. The van der Waals surface area contributed by atoms with Crippen molar-refractivity contribution in [1.82, 2.24) is 15.1 Å². The minimum absolute atomic E-state index is 0.00498. The molecular formula is C31H28F4N4O6. The van der Waals surface area contributed by atoms with Gasteiger partial charge in [-0.15, -0.1) is 13.2 Å². The number of aliphatic carboxylic acids is 1. The molecule has 1 heterocycles. The quantitative estimate of drug-likeness (QED) is 0.181. The van der Waals surface area contributed by atoms with E-state index in [0.717, 1.165) is 24.3 Å². The molecule has 10 nitrogen and oxygen atoms in total. The zero-order valence-corrected chi connectivity index (χ0v) is 24.4. The smallest absolute Gasteiger partial charge is 0.479 e. The number of aryl methyl sites for hydroxylation is 1. The number of rotatable bonds is 9. The SMILES string of the molecule is Cc1c(NC(=O)OC(C)c2ccccc2F)c(-c2ccc(C(=O)NC(C)(C(=O)O)c3ccc(OC(F)(F)F)cc3)cc2)nn1C. The van der Waals surface area contributed by atoms with Crippen LogP contribution in [0, 0.1) is 12.7 Å². The summed E-state index contributed by atoms with van der Waals surface area (Å²) < 4.78 is 62.3. The van der Waals surface area contributed by atoms with Crippen LogP contribution in [0.4, 0.5) is 28.0 Å². The molecule has 0 bridgehead atoms. The molecule has 3 aromatic carbocycles. The van der Waals surface area contributed by atoms with E-state index in [1.807, 2.05) is 0 Å². The van der Waals surface area contributed by atoms with Crippen molar-refractivity contribution in [3.63, 3.8) is 0 Å². The second-order valence-electron chi connectivity index (χ2n) is 10.2. The molecule has 1 aromatic heterocycles. The Hall–Kier alpha value is -5.40. The number of ether oxygens (including phenoxy) is 2. The Morgan fingerprint density at radius 1 is 0.978 bits per heavy atom. The van der Waals surface area contributed by atoms with Gasteiger partial charge >= 0.3 is 18.4 Å². The van der Waals surface area contributed by atoms with Gasteiger partial charge in [0.1, 0.15) is 23.4 Å². The van der Waals surface area contributed by atoms with Gasteiger partial charge in [-0.3, -0.25) is 14.8 Å². The van der Waals surface area contributed by atoms with E-state index in [9.17, 15) is 37.1 Å². The standard InChI is InChI=1S/C31H28F4N4O6/c1-17-25(36-29(43)44-18(2)23-7-5-6-8-24(23)32)26(38-39(17)4)19-9-11-20(12-10-19)27(40)37-30(3,28(41)42)21-13-15-22(16-14-21)45-31(33,34)35/h5-16,18H,1-4H3,(H,36,43)(H,37,40)(H,41,42). The van der Waals surface area contributed by atoms with Crippen molar-refractivity contribution in [2.45, 2.75) is 38.8 Å². The first-order valence-electron chi connectivity index (χ1n) is 13.4. The number of benzene rings is 3. The summed E-state index contributed by atoms with van der Waals surface area (Å²) in [4.78, 5) is 38.0. The lowest BCUT2D eigenvalue weighted by molar-refractivity contribution is -0.274. The maximum absolute atomic E-state index is 14.1. The molecule has 4 aromatic rings. The molecule has 0 fully saturated rings. The van der Waals surface area contributed by atoms with Crippen LogP contribution in [0.15, 0.2) is 72.8 Å². The second-order valence-corrected chi connectivity index (χ2v) is 10.2. The zero-order chi connectivity index (χ0) is 33.1. The van der Waals surface area contributed by atoms with Crippen LogP contribution in [0.1, 0.15) is 47.1 Å². The number of hydrogen-bond donors (Lipinski definition) is 3. The maximum Gasteiger partial charge on any atom is 0.573 e. The fraction of sp³-hybridized carbons (Fsp3) is 0.226. The van der Waals surface area contributed by atoms with E-state index in [1.54, 1.807) is 20.0 Å². The number of anilines is 1. The number of carboxylic acid groups (broad SMARTS) is 1. The zero-order valence-electron chi connectivity index (χ0n) is 24.4. The van der Waals surface area contributed by atoms with Gasteiger partial charge in [0.05, 0.1) is 11.4 Å². The molecule has 0 aliphatic heterocycles. The molecular weight excluding hydrogens is 600 g/mol. The van der Waals surface area contributed by atoms with Gasteiger partial charge in [-0.05, 0) is 56.7 Å². The summed E-state index contributed by atoms with van der Waals surface area (Å²) in [5.41, 5.74) is 0.0121. The van der Waals surface area contributed by atoms with Gasteiger partial charge in [-0.2, -0.15) is 5.10 Å². The highest BCUT2D eigenvalue weighted by atomic mass is 19.4. The topological polar surface area (TPSA) is 132 Å². The first-order valence-corrected chi connectivity index (χ1v) is 13.4. The number of carboxylic acids is 1. The molecule has 236 valence electrons. The van der Waals surface area contributed by atoms with Gasteiger partial charge in [-0.25, -0.2) is 14.0 Å². The number of hydrogen-bond acceptors (Lipinski definition) is 6. The van der Waals surface area contributed by atoms with Crippen LogP contribution >= 0.6 is 0 Å². The molecule has 2 unspecified atom stereocenters. The van der Waals surface area contributed by atoms with Gasteiger partial charge in [0.25, 0.3) is 5.91 Å². The summed E-state index contributed by atoms with van der Waals surface area (Å²) in [6.07, 6.45) is -6.65. The lowest BCUT2D eigenvalue weighted by Gasteiger charge is -2.27. The number of halogens is 4. The van der Waals surface area contributed by atoms with Crippen LogP contribution in [0.3, 0.4) is 0 Å². The number of alkyl halides is 3. The Balaban J connectivity index is 1.51. The Morgan fingerprint density at radius 3 is 2.18 bits per heavy atom. The van der Waals surface area contributed by atoms with Crippen molar-refractivity contribution in [2.75, 3.05) is 5.32 Å². The number of carbonyl (C=O) groups excluding carboxylic acids is 2. The predicted molar refractivity (Wildman–Crippen MR) is 154 cm³/mol. The average molecular weight is 629 g/mol. The van der Waals surface area contributed by atoms with Gasteiger partial charge in [0, 0.05) is 23.7 Å². The first-order chi connectivity index (χ1) is 21.1. The number of aromatic nitrogens is 2. The van der Waals surface area contributed by atoms with Crippen LogP contribution < -0.4 is 15.4 Å². The highest BCUT2D eigenvalue weighted by Gasteiger charge is 2.38. The van der Waals surface area contributed by atoms with Crippen LogP contribution in [0.5, 0.6) is 5.75 Å². The molecule has 14 heteroatoms. The van der Waals surface area contributed by atoms with Crippen LogP contribution in [-0.4, -0.2) is 39.2 Å². The predicted octanol–water partition coefficient (Wildman–Crippen LogP) is 6.47. The number of amides is 2. The summed E-state index contributed by atoms with van der Waals surface area (Å²) in [5, 5.41) is 19.4. The van der Waals surface area contributed by atoms with Crippen molar-refractivity contribution in [2.24, 2.45) is 7.05 Å². The first kappa shape index (κ1) is 32.5. The minimum atomic E-state index is -4.92. The van der Waals surface area contributed by atoms with Gasteiger partial charge < -0.3 is 19.9 Å². The fourth-order valence-electron chi connectivity index (χ4n) is 4.44. The van der Waals surface area contributed by atoms with Crippen molar-refractivity contribution in [3.8, 4) is 17.0 Å². The number of nitrogens with one attached hydrogen (secondary N) is 2. The Kier molecular flexibility index (Phi) is 9.16. The molecule has 2 atom stereocenters. The number of nitrogens with zero attached hydrogens (tertiary/aromatic N) is 2. The third kappa shape index (κ3) is 7.40. The van der Waals surface area contributed by atoms with E-state index < -0.39 is 47.5 Å². The van der Waals surface area contributed by atoms with E-state index in [2.05, 4.69) is 20.5 Å². The highest BCUT2D eigenvalue weighted by Crippen LogP contribution is 2.32. The van der Waals surface area contributed by atoms with E-state index in [4.69, 9.17) is 4.74 Å². The summed E-state index contributed by atoms with van der Waals surface area (Å²) >= 11 is 0. The monoisotopic (exact) mass is 628 g/mol. The molecule has 0 radical (unpaired) electrons. The van der Waals surface area contributed by atoms with Crippen LogP contribution in [0.2, 0.25) is 0 Å². The molecule has 45 heavy (non-hydrogen) atoms. The largest absolute Gasteiger partial charge is 0.573 e. The molecule has 2 amide bonds. The Labute approximate surface area is 254 Å². The Bertz CT molecular complexity index is 1720. The third-order valence-corrected chi connectivity index (χ3v) is 7.07. The van der Waals surface area contributed by atoms with Gasteiger partial charge in [0.2, 0.25) is 0 Å². The van der Waals surface area contributed by atoms with Crippen molar-refractivity contribution < 1.29 is 46.5 Å². The summed E-state index contributed by atoms with van der Waals surface area (Å²) in [6, 6.07) is 15.9. The van der Waals surface area contributed by atoms with E-state index in [1.165, 1.54) is 61.0 Å². The molecule has 0 aliphatic carbocycles. The normalized spacial score (nSPS) is 13.3. The van der Waals surface area contributed by atoms with Crippen molar-refractivity contribution in [3.05, 3.63) is 101 Å². The van der Waals surface area contributed by atoms with Gasteiger partial charge in [-0.1, -0.05) is 42.5 Å². The fourth-order valence-corrected chi connectivity index (χ4v) is 4.44. The Morgan fingerprint density at radius 2 is 1.60 bits per heavy atom. The average Bonchev–Trinajstić information content (AvgIpc) is 3.25. The van der Waals surface area contributed by atoms with Gasteiger partial charge in [0.15, 0.2) is 5.54 Å². The summed E-state index contributed by atoms with van der Waals surface area (Å²) in [5.74, 6) is -3.29. The van der Waals surface area contributed by atoms with Crippen molar-refractivity contribution >= 4 is 23.7 Å².